The van der Waals surface area contributed by atoms with Gasteiger partial charge < -0.3 is 10.0 Å². The van der Waals surface area contributed by atoms with Crippen LogP contribution >= 0.6 is 0 Å². The number of carboxylic acid groups (broad SMARTS) is 1. The van der Waals surface area contributed by atoms with Crippen molar-refractivity contribution in [2.24, 2.45) is 0 Å². The molecule has 0 bridgehead atoms. The summed E-state index contributed by atoms with van der Waals surface area (Å²) in [6, 6.07) is 0. The lowest BCUT2D eigenvalue weighted by molar-refractivity contribution is -0.192. The molecule has 1 amide bonds. The summed E-state index contributed by atoms with van der Waals surface area (Å²) in [5, 5.41) is 8.85. The first kappa shape index (κ1) is 14.8. The minimum atomic E-state index is -4.96. The molecule has 7 heteroatoms. The smallest absolute Gasteiger partial charge is 0.471 e. The Bertz CT molecular complexity index is 335. The zero-order valence-corrected chi connectivity index (χ0v) is 10.1. The number of carbonyl (C=O) groups excluding carboxylic acids is 1. The zero-order chi connectivity index (χ0) is 14.0. The third-order valence-corrected chi connectivity index (χ3v) is 3.52. The fourth-order valence-corrected chi connectivity index (χ4v) is 2.53. The summed E-state index contributed by atoms with van der Waals surface area (Å²) < 4.78 is 37.3. The summed E-state index contributed by atoms with van der Waals surface area (Å²) in [6.07, 6.45) is -2.65. The van der Waals surface area contributed by atoms with E-state index in [-0.39, 0.29) is 0 Å². The minimum absolute atomic E-state index is 0.303. The Kier molecular flexibility index (Phi) is 4.24. The van der Waals surface area contributed by atoms with E-state index in [9.17, 15) is 22.8 Å². The van der Waals surface area contributed by atoms with Crippen molar-refractivity contribution in [3.05, 3.63) is 0 Å². The van der Waals surface area contributed by atoms with E-state index < -0.39 is 30.0 Å². The molecule has 0 radical (unpaired) electrons. The Hall–Kier alpha value is -1.27. The van der Waals surface area contributed by atoms with Crippen molar-refractivity contribution in [2.75, 3.05) is 7.05 Å². The van der Waals surface area contributed by atoms with Crippen molar-refractivity contribution >= 4 is 11.9 Å². The molecule has 1 aliphatic carbocycles. The molecule has 0 aromatic rings. The number of carboxylic acids is 1. The Morgan fingerprint density at radius 1 is 1.22 bits per heavy atom. The van der Waals surface area contributed by atoms with E-state index in [0.29, 0.717) is 30.6 Å². The largest absolute Gasteiger partial charge is 0.481 e. The second-order valence-electron chi connectivity index (χ2n) is 4.72. The maximum atomic E-state index is 12.4. The standard InChI is InChI=1S/C11H16F3NO3/c1-15(9(18)11(12,13)14)10(7-8(16)17)5-3-2-4-6-10/h2-7H2,1H3,(H,16,17). The van der Waals surface area contributed by atoms with Crippen LogP contribution in [0.4, 0.5) is 13.2 Å². The fourth-order valence-electron chi connectivity index (χ4n) is 2.53. The van der Waals surface area contributed by atoms with Gasteiger partial charge in [0.2, 0.25) is 0 Å². The number of carbonyl (C=O) groups is 2. The van der Waals surface area contributed by atoms with Crippen molar-refractivity contribution < 1.29 is 27.9 Å². The predicted molar refractivity (Wildman–Crippen MR) is 56.9 cm³/mol. The van der Waals surface area contributed by atoms with Gasteiger partial charge in [0.1, 0.15) is 0 Å². The number of rotatable bonds is 3. The van der Waals surface area contributed by atoms with Gasteiger partial charge in [0.15, 0.2) is 0 Å². The van der Waals surface area contributed by atoms with Crippen LogP contribution in [0.1, 0.15) is 38.5 Å². The first-order valence-electron chi connectivity index (χ1n) is 5.76. The fraction of sp³-hybridized carbons (Fsp3) is 0.818. The van der Waals surface area contributed by atoms with Crippen LogP contribution in [0.25, 0.3) is 0 Å². The van der Waals surface area contributed by atoms with E-state index in [1.165, 1.54) is 0 Å². The molecule has 1 rings (SSSR count). The number of amides is 1. The van der Waals surface area contributed by atoms with Gasteiger partial charge >= 0.3 is 18.1 Å². The van der Waals surface area contributed by atoms with Gasteiger partial charge in [0.05, 0.1) is 12.0 Å². The number of hydrogen-bond acceptors (Lipinski definition) is 2. The number of nitrogens with zero attached hydrogens (tertiary/aromatic N) is 1. The van der Waals surface area contributed by atoms with Crippen LogP contribution in [-0.2, 0) is 9.59 Å². The van der Waals surface area contributed by atoms with Gasteiger partial charge in [-0.3, -0.25) is 9.59 Å². The van der Waals surface area contributed by atoms with Crippen molar-refractivity contribution in [1.29, 1.82) is 0 Å². The van der Waals surface area contributed by atoms with Crippen LogP contribution in [0.2, 0.25) is 0 Å². The highest BCUT2D eigenvalue weighted by molar-refractivity contribution is 5.83. The summed E-state index contributed by atoms with van der Waals surface area (Å²) >= 11 is 0. The van der Waals surface area contributed by atoms with Crippen molar-refractivity contribution in [3.8, 4) is 0 Å². The molecule has 1 saturated carbocycles. The van der Waals surface area contributed by atoms with Crippen LogP contribution in [0.3, 0.4) is 0 Å². The molecule has 0 aromatic heterocycles. The van der Waals surface area contributed by atoms with Crippen molar-refractivity contribution in [2.45, 2.75) is 50.2 Å². The van der Waals surface area contributed by atoms with Crippen LogP contribution < -0.4 is 0 Å². The van der Waals surface area contributed by atoms with Crippen molar-refractivity contribution in [1.82, 2.24) is 4.90 Å². The number of halogens is 3. The molecule has 4 nitrogen and oxygen atoms in total. The van der Waals surface area contributed by atoms with Gasteiger partial charge in [-0.25, -0.2) is 0 Å². The van der Waals surface area contributed by atoms with E-state index in [4.69, 9.17) is 5.11 Å². The van der Waals surface area contributed by atoms with E-state index in [1.807, 2.05) is 0 Å². The van der Waals surface area contributed by atoms with Crippen LogP contribution in [0.5, 0.6) is 0 Å². The molecule has 0 aromatic carbocycles. The number of aliphatic carboxylic acids is 1. The Morgan fingerprint density at radius 3 is 2.11 bits per heavy atom. The third-order valence-electron chi connectivity index (χ3n) is 3.52. The summed E-state index contributed by atoms with van der Waals surface area (Å²) in [4.78, 5) is 22.7. The molecular formula is C11H16F3NO3. The third kappa shape index (κ3) is 3.14. The molecule has 0 unspecified atom stereocenters. The first-order chi connectivity index (χ1) is 8.19. The molecule has 104 valence electrons. The molecule has 0 heterocycles. The minimum Gasteiger partial charge on any atom is -0.481 e. The molecule has 0 saturated heterocycles. The highest BCUT2D eigenvalue weighted by Gasteiger charge is 2.49. The lowest BCUT2D eigenvalue weighted by Gasteiger charge is -2.43. The van der Waals surface area contributed by atoms with E-state index in [0.717, 1.165) is 13.5 Å². The van der Waals surface area contributed by atoms with Gasteiger partial charge in [0.25, 0.3) is 0 Å². The van der Waals surface area contributed by atoms with Gasteiger partial charge in [-0.2, -0.15) is 13.2 Å². The molecule has 1 N–H and O–H groups in total. The lowest BCUT2D eigenvalue weighted by atomic mass is 9.78. The molecule has 0 spiro atoms. The molecule has 0 atom stereocenters. The van der Waals surface area contributed by atoms with Crippen LogP contribution in [0.15, 0.2) is 0 Å². The Labute approximate surface area is 103 Å². The molecule has 1 fully saturated rings. The van der Waals surface area contributed by atoms with Gasteiger partial charge in [-0.05, 0) is 12.8 Å². The highest BCUT2D eigenvalue weighted by atomic mass is 19.4. The molecule has 18 heavy (non-hydrogen) atoms. The second kappa shape index (κ2) is 5.16. The first-order valence-corrected chi connectivity index (χ1v) is 5.76. The summed E-state index contributed by atoms with van der Waals surface area (Å²) in [7, 11) is 1.05. The van der Waals surface area contributed by atoms with E-state index >= 15 is 0 Å². The Balaban J connectivity index is 2.95. The quantitative estimate of drug-likeness (QED) is 0.852. The molecular weight excluding hydrogens is 251 g/mol. The van der Waals surface area contributed by atoms with E-state index in [1.54, 1.807) is 0 Å². The monoisotopic (exact) mass is 267 g/mol. The maximum absolute atomic E-state index is 12.4. The summed E-state index contributed by atoms with van der Waals surface area (Å²) in [5.41, 5.74) is -1.20. The maximum Gasteiger partial charge on any atom is 0.471 e. The second-order valence-corrected chi connectivity index (χ2v) is 4.72. The van der Waals surface area contributed by atoms with E-state index in [2.05, 4.69) is 0 Å². The topological polar surface area (TPSA) is 57.6 Å². The normalized spacial score (nSPS) is 19.3. The Morgan fingerprint density at radius 2 is 1.72 bits per heavy atom. The summed E-state index contributed by atoms with van der Waals surface area (Å²) in [6.45, 7) is 0. The lowest BCUT2D eigenvalue weighted by Crippen LogP contribution is -2.55. The zero-order valence-electron chi connectivity index (χ0n) is 10.1. The SMILES string of the molecule is CN(C(=O)C(F)(F)F)C1(CC(=O)O)CCCCC1. The van der Waals surface area contributed by atoms with Gasteiger partial charge in [-0.15, -0.1) is 0 Å². The average Bonchev–Trinajstić information content (AvgIpc) is 2.26. The molecule has 0 aliphatic heterocycles. The predicted octanol–water partition coefficient (Wildman–Crippen LogP) is 2.18. The highest BCUT2D eigenvalue weighted by Crippen LogP contribution is 2.37. The molecule has 1 aliphatic rings. The van der Waals surface area contributed by atoms with Crippen LogP contribution in [0, 0.1) is 0 Å². The summed E-state index contributed by atoms with van der Waals surface area (Å²) in [5.74, 6) is -3.15. The van der Waals surface area contributed by atoms with Crippen molar-refractivity contribution in [3.63, 3.8) is 0 Å². The average molecular weight is 267 g/mol. The number of alkyl halides is 3. The van der Waals surface area contributed by atoms with Gasteiger partial charge in [0, 0.05) is 7.05 Å². The van der Waals surface area contributed by atoms with Crippen LogP contribution in [-0.4, -0.2) is 40.6 Å². The number of hydrogen-bond donors (Lipinski definition) is 1. The van der Waals surface area contributed by atoms with Gasteiger partial charge in [-0.1, -0.05) is 19.3 Å².